The van der Waals surface area contributed by atoms with E-state index in [0.717, 1.165) is 21.7 Å². The molecule has 25 heavy (non-hydrogen) atoms. The number of fused-ring (bicyclic) bond motifs is 3. The molecular formula is C21H15NO3. The molecule has 0 amide bonds. The molecule has 0 bridgehead atoms. The summed E-state index contributed by atoms with van der Waals surface area (Å²) in [6.45, 7) is 0. The fraction of sp³-hybridized carbons (Fsp3) is 0.0476. The Hall–Kier alpha value is -3.40. The van der Waals surface area contributed by atoms with Crippen molar-refractivity contribution >= 4 is 27.6 Å². The normalized spacial score (nSPS) is 10.8. The van der Waals surface area contributed by atoms with Crippen LogP contribution in [0.25, 0.3) is 21.7 Å². The molecule has 0 aliphatic carbocycles. The third kappa shape index (κ3) is 2.68. The molecule has 0 N–H and O–H groups in total. The molecule has 3 aromatic carbocycles. The quantitative estimate of drug-likeness (QED) is 0.313. The maximum absolute atomic E-state index is 12.7. The summed E-state index contributed by atoms with van der Waals surface area (Å²) in [6.07, 6.45) is 1.74. The number of para-hydroxylation sites is 1. The summed E-state index contributed by atoms with van der Waals surface area (Å²) in [7, 11) is 1.53. The fourth-order valence-corrected chi connectivity index (χ4v) is 2.93. The van der Waals surface area contributed by atoms with Gasteiger partial charge in [-0.05, 0) is 29.7 Å². The van der Waals surface area contributed by atoms with Crippen molar-refractivity contribution in [2.75, 3.05) is 7.11 Å². The number of benzene rings is 3. The number of ether oxygens (including phenoxy) is 2. The first-order valence-electron chi connectivity index (χ1n) is 7.89. The van der Waals surface area contributed by atoms with Crippen LogP contribution in [-0.4, -0.2) is 18.1 Å². The fourth-order valence-electron chi connectivity index (χ4n) is 2.93. The highest BCUT2D eigenvalue weighted by molar-refractivity contribution is 6.09. The molecule has 0 unspecified atom stereocenters. The first-order valence-corrected chi connectivity index (χ1v) is 7.89. The van der Waals surface area contributed by atoms with Crippen molar-refractivity contribution in [1.82, 2.24) is 4.98 Å². The summed E-state index contributed by atoms with van der Waals surface area (Å²) in [6, 6.07) is 20.5. The third-order valence-corrected chi connectivity index (χ3v) is 4.11. The van der Waals surface area contributed by atoms with E-state index in [2.05, 4.69) is 4.98 Å². The topological polar surface area (TPSA) is 48.4 Å². The van der Waals surface area contributed by atoms with Crippen LogP contribution >= 0.6 is 0 Å². The van der Waals surface area contributed by atoms with Crippen LogP contribution in [0.3, 0.4) is 0 Å². The number of hydrogen-bond donors (Lipinski definition) is 0. The lowest BCUT2D eigenvalue weighted by Gasteiger charge is -2.11. The Balaban J connectivity index is 1.84. The van der Waals surface area contributed by atoms with Gasteiger partial charge in [-0.25, -0.2) is 4.79 Å². The zero-order valence-corrected chi connectivity index (χ0v) is 13.6. The van der Waals surface area contributed by atoms with Gasteiger partial charge in [-0.2, -0.15) is 0 Å². The SMILES string of the molecule is COc1ccccc1C(=O)Oc1cccc2ccc3cccnc3c12. The van der Waals surface area contributed by atoms with E-state index in [9.17, 15) is 4.79 Å². The van der Waals surface area contributed by atoms with Gasteiger partial charge in [-0.1, -0.05) is 42.5 Å². The number of methoxy groups -OCH3 is 1. The average Bonchev–Trinajstić information content (AvgIpc) is 2.67. The third-order valence-electron chi connectivity index (χ3n) is 4.11. The van der Waals surface area contributed by atoms with Crippen molar-refractivity contribution in [1.29, 1.82) is 0 Å². The second-order valence-electron chi connectivity index (χ2n) is 5.58. The largest absolute Gasteiger partial charge is 0.496 e. The molecule has 4 heteroatoms. The summed E-state index contributed by atoms with van der Waals surface area (Å²) >= 11 is 0. The van der Waals surface area contributed by atoms with Gasteiger partial charge in [0, 0.05) is 11.6 Å². The predicted octanol–water partition coefficient (Wildman–Crippen LogP) is 4.62. The summed E-state index contributed by atoms with van der Waals surface area (Å²) in [5.74, 6) is 0.506. The minimum absolute atomic E-state index is 0.384. The predicted molar refractivity (Wildman–Crippen MR) is 97.2 cm³/mol. The Bertz CT molecular complexity index is 1090. The van der Waals surface area contributed by atoms with E-state index in [1.165, 1.54) is 7.11 Å². The van der Waals surface area contributed by atoms with E-state index < -0.39 is 5.97 Å². The molecule has 0 fully saturated rings. The van der Waals surface area contributed by atoms with E-state index in [0.29, 0.717) is 17.1 Å². The number of carbonyl (C=O) groups is 1. The maximum atomic E-state index is 12.7. The van der Waals surface area contributed by atoms with Crippen LogP contribution in [0.15, 0.2) is 72.9 Å². The molecule has 0 atom stereocenters. The van der Waals surface area contributed by atoms with Gasteiger partial charge in [-0.3, -0.25) is 4.98 Å². The first-order chi connectivity index (χ1) is 12.3. The summed E-state index contributed by atoms with van der Waals surface area (Å²) < 4.78 is 11.0. The number of pyridine rings is 1. The van der Waals surface area contributed by atoms with Gasteiger partial charge in [-0.15, -0.1) is 0 Å². The zero-order valence-electron chi connectivity index (χ0n) is 13.6. The van der Waals surface area contributed by atoms with E-state index in [1.807, 2.05) is 42.5 Å². The molecule has 0 aliphatic heterocycles. The van der Waals surface area contributed by atoms with Gasteiger partial charge in [0.25, 0.3) is 0 Å². The van der Waals surface area contributed by atoms with E-state index >= 15 is 0 Å². The van der Waals surface area contributed by atoms with Gasteiger partial charge in [0.1, 0.15) is 17.1 Å². The van der Waals surface area contributed by atoms with Crippen molar-refractivity contribution in [2.45, 2.75) is 0 Å². The Labute approximate surface area is 144 Å². The van der Waals surface area contributed by atoms with Crippen molar-refractivity contribution in [3.63, 3.8) is 0 Å². The lowest BCUT2D eigenvalue weighted by atomic mass is 10.1. The Kier molecular flexibility index (Phi) is 3.78. The van der Waals surface area contributed by atoms with E-state index in [4.69, 9.17) is 9.47 Å². The average molecular weight is 329 g/mol. The molecule has 0 radical (unpaired) electrons. The molecule has 0 spiro atoms. The van der Waals surface area contributed by atoms with Gasteiger partial charge in [0.2, 0.25) is 0 Å². The number of carbonyl (C=O) groups excluding carboxylic acids is 1. The highest BCUT2D eigenvalue weighted by Crippen LogP contribution is 2.32. The lowest BCUT2D eigenvalue weighted by molar-refractivity contribution is 0.0734. The molecule has 1 heterocycles. The Morgan fingerprint density at radius 1 is 0.840 bits per heavy atom. The molecule has 0 saturated heterocycles. The van der Waals surface area contributed by atoms with E-state index in [1.54, 1.807) is 30.5 Å². The summed E-state index contributed by atoms with van der Waals surface area (Å²) in [5.41, 5.74) is 1.19. The van der Waals surface area contributed by atoms with Crippen LogP contribution in [-0.2, 0) is 0 Å². The van der Waals surface area contributed by atoms with Crippen LogP contribution in [0.2, 0.25) is 0 Å². The second kappa shape index (κ2) is 6.24. The van der Waals surface area contributed by atoms with Crippen molar-refractivity contribution in [2.24, 2.45) is 0 Å². The maximum Gasteiger partial charge on any atom is 0.347 e. The molecule has 122 valence electrons. The standard InChI is InChI=1S/C21H15NO3/c1-24-17-9-3-2-8-16(17)21(23)25-18-10-4-6-14-11-12-15-7-5-13-22-20(15)19(14)18/h2-13H,1H3. The van der Waals surface area contributed by atoms with Crippen LogP contribution < -0.4 is 9.47 Å². The van der Waals surface area contributed by atoms with Crippen LogP contribution in [0.4, 0.5) is 0 Å². The van der Waals surface area contributed by atoms with Crippen molar-refractivity contribution in [3.05, 3.63) is 78.5 Å². The lowest BCUT2D eigenvalue weighted by Crippen LogP contribution is -2.10. The van der Waals surface area contributed by atoms with Crippen molar-refractivity contribution < 1.29 is 14.3 Å². The monoisotopic (exact) mass is 329 g/mol. The molecule has 1 aromatic heterocycles. The number of aromatic nitrogens is 1. The molecular weight excluding hydrogens is 314 g/mol. The van der Waals surface area contributed by atoms with E-state index in [-0.39, 0.29) is 0 Å². The minimum atomic E-state index is -0.460. The molecule has 4 nitrogen and oxygen atoms in total. The van der Waals surface area contributed by atoms with Gasteiger partial charge < -0.3 is 9.47 Å². The van der Waals surface area contributed by atoms with Crippen LogP contribution in [0, 0.1) is 0 Å². The van der Waals surface area contributed by atoms with Gasteiger partial charge >= 0.3 is 5.97 Å². The molecule has 4 aromatic rings. The number of esters is 1. The minimum Gasteiger partial charge on any atom is -0.496 e. The number of nitrogens with zero attached hydrogens (tertiary/aromatic N) is 1. The summed E-state index contributed by atoms with van der Waals surface area (Å²) in [4.78, 5) is 17.1. The Morgan fingerprint density at radius 3 is 2.48 bits per heavy atom. The smallest absolute Gasteiger partial charge is 0.347 e. The molecule has 4 rings (SSSR count). The molecule has 0 saturated carbocycles. The Morgan fingerprint density at radius 2 is 1.60 bits per heavy atom. The van der Waals surface area contributed by atoms with Gasteiger partial charge in [0.15, 0.2) is 0 Å². The zero-order chi connectivity index (χ0) is 17.2. The van der Waals surface area contributed by atoms with Crippen LogP contribution in [0.1, 0.15) is 10.4 Å². The highest BCUT2D eigenvalue weighted by Gasteiger charge is 2.16. The number of rotatable bonds is 3. The van der Waals surface area contributed by atoms with Crippen LogP contribution in [0.5, 0.6) is 11.5 Å². The first kappa shape index (κ1) is 15.1. The molecule has 0 aliphatic rings. The number of hydrogen-bond acceptors (Lipinski definition) is 4. The summed E-state index contributed by atoms with van der Waals surface area (Å²) in [5, 5.41) is 2.79. The van der Waals surface area contributed by atoms with Gasteiger partial charge in [0.05, 0.1) is 18.0 Å². The highest BCUT2D eigenvalue weighted by atomic mass is 16.5. The second-order valence-corrected chi connectivity index (χ2v) is 5.58. The van der Waals surface area contributed by atoms with Crippen molar-refractivity contribution in [3.8, 4) is 11.5 Å².